The Kier molecular flexibility index (Phi) is 5.87. The minimum Gasteiger partial charge on any atom is -0.512 e. The molecule has 3 aromatic rings. The predicted octanol–water partition coefficient (Wildman–Crippen LogP) is 4.64. The summed E-state index contributed by atoms with van der Waals surface area (Å²) >= 11 is 0. The Morgan fingerprint density at radius 1 is 1.11 bits per heavy atom. The average molecular weight is 360 g/mol. The lowest BCUT2D eigenvalue weighted by Crippen LogP contribution is -2.25. The Hall–Kier alpha value is -3.14. The standard InChI is InChI=1S/C23H24N2O2/c1-17(2)21(26)14-8-9-15-25-22(16-18-10-4-3-5-11-18)24-20-13-7-6-12-19(20)23(25)27/h3-14,17,26H,15-16H2,1-2H3/b9-8-,21-14+. The molecule has 2 aromatic carbocycles. The number of rotatable bonds is 6. The summed E-state index contributed by atoms with van der Waals surface area (Å²) in [6.45, 7) is 4.26. The molecule has 0 fully saturated rings. The molecule has 0 aliphatic carbocycles. The van der Waals surface area contributed by atoms with Gasteiger partial charge >= 0.3 is 0 Å². The van der Waals surface area contributed by atoms with Crippen LogP contribution in [0.4, 0.5) is 0 Å². The maximum Gasteiger partial charge on any atom is 0.261 e. The van der Waals surface area contributed by atoms with Gasteiger partial charge in [0.05, 0.1) is 16.7 Å². The van der Waals surface area contributed by atoms with E-state index in [-0.39, 0.29) is 11.5 Å². The van der Waals surface area contributed by atoms with Crippen LogP contribution >= 0.6 is 0 Å². The van der Waals surface area contributed by atoms with E-state index >= 15 is 0 Å². The second kappa shape index (κ2) is 8.49. The van der Waals surface area contributed by atoms with Gasteiger partial charge in [-0.3, -0.25) is 9.36 Å². The van der Waals surface area contributed by atoms with Crippen molar-refractivity contribution in [2.75, 3.05) is 0 Å². The van der Waals surface area contributed by atoms with Gasteiger partial charge in [-0.2, -0.15) is 0 Å². The minimum absolute atomic E-state index is 0.0479. The summed E-state index contributed by atoms with van der Waals surface area (Å²) in [5.41, 5.74) is 1.77. The highest BCUT2D eigenvalue weighted by molar-refractivity contribution is 5.77. The first-order valence-corrected chi connectivity index (χ1v) is 9.14. The van der Waals surface area contributed by atoms with E-state index < -0.39 is 0 Å². The maximum absolute atomic E-state index is 13.0. The van der Waals surface area contributed by atoms with Crippen molar-refractivity contribution in [2.45, 2.75) is 26.8 Å². The molecule has 0 radical (unpaired) electrons. The lowest BCUT2D eigenvalue weighted by Gasteiger charge is -2.12. The molecule has 138 valence electrons. The fourth-order valence-electron chi connectivity index (χ4n) is 2.84. The largest absolute Gasteiger partial charge is 0.512 e. The molecule has 0 spiro atoms. The number of para-hydroxylation sites is 1. The van der Waals surface area contributed by atoms with Crippen molar-refractivity contribution < 1.29 is 5.11 Å². The lowest BCUT2D eigenvalue weighted by atomic mass is 10.1. The molecule has 27 heavy (non-hydrogen) atoms. The van der Waals surface area contributed by atoms with E-state index in [1.807, 2.05) is 74.5 Å². The van der Waals surface area contributed by atoms with Gasteiger partial charge in [-0.15, -0.1) is 0 Å². The molecule has 0 amide bonds. The van der Waals surface area contributed by atoms with E-state index in [1.165, 1.54) is 0 Å². The molecular formula is C23H24N2O2. The van der Waals surface area contributed by atoms with Crippen molar-refractivity contribution in [3.8, 4) is 0 Å². The van der Waals surface area contributed by atoms with Gasteiger partial charge in [0.25, 0.3) is 5.56 Å². The first-order valence-electron chi connectivity index (χ1n) is 9.14. The third-order valence-corrected chi connectivity index (χ3v) is 4.43. The van der Waals surface area contributed by atoms with Gasteiger partial charge < -0.3 is 5.11 Å². The smallest absolute Gasteiger partial charge is 0.261 e. The van der Waals surface area contributed by atoms with E-state index in [9.17, 15) is 9.90 Å². The van der Waals surface area contributed by atoms with Gasteiger partial charge in [0, 0.05) is 18.9 Å². The van der Waals surface area contributed by atoms with Crippen molar-refractivity contribution in [1.82, 2.24) is 9.55 Å². The van der Waals surface area contributed by atoms with Crippen molar-refractivity contribution in [1.29, 1.82) is 0 Å². The normalized spacial score (nSPS) is 12.3. The zero-order chi connectivity index (χ0) is 19.2. The highest BCUT2D eigenvalue weighted by Gasteiger charge is 2.10. The van der Waals surface area contributed by atoms with Gasteiger partial charge in [-0.1, -0.05) is 68.5 Å². The zero-order valence-corrected chi connectivity index (χ0v) is 15.7. The van der Waals surface area contributed by atoms with Crippen molar-refractivity contribution in [3.05, 3.63) is 100 Å². The summed E-state index contributed by atoms with van der Waals surface area (Å²) in [6, 6.07) is 17.4. The summed E-state index contributed by atoms with van der Waals surface area (Å²) in [5, 5.41) is 10.4. The van der Waals surface area contributed by atoms with Gasteiger partial charge in [-0.25, -0.2) is 4.98 Å². The number of aliphatic hydroxyl groups is 1. The summed E-state index contributed by atoms with van der Waals surface area (Å²) < 4.78 is 1.70. The molecule has 1 heterocycles. The van der Waals surface area contributed by atoms with Crippen LogP contribution in [0.5, 0.6) is 0 Å². The number of fused-ring (bicyclic) bond motifs is 1. The minimum atomic E-state index is -0.0479. The van der Waals surface area contributed by atoms with E-state index in [2.05, 4.69) is 0 Å². The first-order chi connectivity index (χ1) is 13.1. The fourth-order valence-corrected chi connectivity index (χ4v) is 2.84. The molecule has 0 saturated heterocycles. The second-order valence-corrected chi connectivity index (χ2v) is 6.80. The second-order valence-electron chi connectivity index (χ2n) is 6.80. The number of aliphatic hydroxyl groups excluding tert-OH is 1. The number of nitrogens with zero attached hydrogens (tertiary/aromatic N) is 2. The number of aromatic nitrogens is 2. The van der Waals surface area contributed by atoms with Crippen molar-refractivity contribution in [2.24, 2.45) is 5.92 Å². The molecular weight excluding hydrogens is 336 g/mol. The molecule has 0 saturated carbocycles. The van der Waals surface area contributed by atoms with E-state index in [0.29, 0.717) is 29.6 Å². The molecule has 0 aliphatic heterocycles. The third-order valence-electron chi connectivity index (χ3n) is 4.43. The molecule has 1 aromatic heterocycles. The number of benzene rings is 2. The van der Waals surface area contributed by atoms with Crippen LogP contribution in [0, 0.1) is 5.92 Å². The maximum atomic E-state index is 13.0. The van der Waals surface area contributed by atoms with Crippen molar-refractivity contribution >= 4 is 10.9 Å². The molecule has 0 bridgehead atoms. The third kappa shape index (κ3) is 4.53. The number of hydrogen-bond donors (Lipinski definition) is 1. The highest BCUT2D eigenvalue weighted by Crippen LogP contribution is 2.12. The summed E-state index contributed by atoms with van der Waals surface area (Å²) in [6.07, 6.45) is 5.90. The summed E-state index contributed by atoms with van der Waals surface area (Å²) in [5.74, 6) is 1.12. The summed E-state index contributed by atoms with van der Waals surface area (Å²) in [4.78, 5) is 17.7. The van der Waals surface area contributed by atoms with Crippen LogP contribution in [0.3, 0.4) is 0 Å². The zero-order valence-electron chi connectivity index (χ0n) is 15.7. The van der Waals surface area contributed by atoms with Crippen LogP contribution in [0.15, 0.2) is 83.4 Å². The van der Waals surface area contributed by atoms with E-state index in [4.69, 9.17) is 4.98 Å². The Morgan fingerprint density at radius 2 is 1.81 bits per heavy atom. The molecule has 0 aliphatic rings. The Balaban J connectivity index is 1.99. The predicted molar refractivity (Wildman–Crippen MR) is 110 cm³/mol. The van der Waals surface area contributed by atoms with Crippen molar-refractivity contribution in [3.63, 3.8) is 0 Å². The topological polar surface area (TPSA) is 55.1 Å². The molecule has 4 nitrogen and oxygen atoms in total. The van der Waals surface area contributed by atoms with Gasteiger partial charge in [0.15, 0.2) is 0 Å². The van der Waals surface area contributed by atoms with Gasteiger partial charge in [0.2, 0.25) is 0 Å². The molecule has 1 N–H and O–H groups in total. The van der Waals surface area contributed by atoms with E-state index in [0.717, 1.165) is 11.4 Å². The van der Waals surface area contributed by atoms with Gasteiger partial charge in [0.1, 0.15) is 5.82 Å². The quantitative estimate of drug-likeness (QED) is 0.514. The van der Waals surface area contributed by atoms with Crippen LogP contribution in [0.25, 0.3) is 10.9 Å². The Bertz CT molecular complexity index is 1030. The van der Waals surface area contributed by atoms with Crippen LogP contribution in [-0.2, 0) is 13.0 Å². The SMILES string of the molecule is CC(C)/C(O)=C\C=C/Cn1c(Cc2ccccc2)nc2ccccc2c1=O. The average Bonchev–Trinajstić information content (AvgIpc) is 2.67. The fraction of sp³-hybridized carbons (Fsp3) is 0.217. The molecule has 4 heteroatoms. The van der Waals surface area contributed by atoms with Crippen LogP contribution in [-0.4, -0.2) is 14.7 Å². The van der Waals surface area contributed by atoms with Crippen LogP contribution in [0.1, 0.15) is 25.2 Å². The number of allylic oxidation sites excluding steroid dienone is 4. The Morgan fingerprint density at radius 3 is 2.56 bits per heavy atom. The highest BCUT2D eigenvalue weighted by atomic mass is 16.3. The monoisotopic (exact) mass is 360 g/mol. The lowest BCUT2D eigenvalue weighted by molar-refractivity contribution is 0.352. The first kappa shape index (κ1) is 18.6. The summed E-state index contributed by atoms with van der Waals surface area (Å²) in [7, 11) is 0. The molecule has 0 unspecified atom stereocenters. The molecule has 3 rings (SSSR count). The van der Waals surface area contributed by atoms with E-state index in [1.54, 1.807) is 16.7 Å². The van der Waals surface area contributed by atoms with Gasteiger partial charge in [-0.05, 0) is 23.8 Å². The van der Waals surface area contributed by atoms with Crippen LogP contribution < -0.4 is 5.56 Å². The van der Waals surface area contributed by atoms with Crippen LogP contribution in [0.2, 0.25) is 0 Å². The molecule has 0 atom stereocenters. The number of hydrogen-bond acceptors (Lipinski definition) is 3. The Labute approximate surface area is 159 Å².